The summed E-state index contributed by atoms with van der Waals surface area (Å²) in [5.74, 6) is 0.0208. The van der Waals surface area contributed by atoms with E-state index in [2.05, 4.69) is 22.8 Å². The molecule has 206 valence electrons. The molecule has 0 bridgehead atoms. The molecule has 0 spiro atoms. The number of carbonyl (C=O) groups excluding carboxylic acids is 2. The summed E-state index contributed by atoms with van der Waals surface area (Å²) in [5, 5.41) is 16.4. The summed E-state index contributed by atoms with van der Waals surface area (Å²) in [5.41, 5.74) is 11.1. The van der Waals surface area contributed by atoms with Crippen LogP contribution < -0.4 is 21.1 Å². The van der Waals surface area contributed by atoms with Crippen molar-refractivity contribution in [1.82, 2.24) is 10.6 Å². The Morgan fingerprint density at radius 3 is 2.23 bits per heavy atom. The van der Waals surface area contributed by atoms with Gasteiger partial charge in [0.1, 0.15) is 18.4 Å². The molecule has 0 saturated carbocycles. The topological polar surface area (TPSA) is 137 Å². The quantitative estimate of drug-likeness (QED) is 0.173. The highest BCUT2D eigenvalue weighted by Crippen LogP contribution is 2.24. The van der Waals surface area contributed by atoms with Gasteiger partial charge < -0.3 is 21.1 Å². The van der Waals surface area contributed by atoms with Gasteiger partial charge in [-0.05, 0) is 92.1 Å². The van der Waals surface area contributed by atoms with Gasteiger partial charge in [-0.25, -0.2) is 0 Å². The first-order chi connectivity index (χ1) is 18.6. The van der Waals surface area contributed by atoms with Gasteiger partial charge in [-0.1, -0.05) is 30.3 Å². The van der Waals surface area contributed by atoms with Crippen LogP contribution in [0, 0.1) is 24.0 Å². The van der Waals surface area contributed by atoms with E-state index >= 15 is 0 Å². The van der Waals surface area contributed by atoms with Crippen molar-refractivity contribution < 1.29 is 19.2 Å². The third-order valence-electron chi connectivity index (χ3n) is 6.52. The summed E-state index contributed by atoms with van der Waals surface area (Å²) in [6.45, 7) is 6.29. The molecule has 0 aromatic heterocycles. The number of hydrogen-bond acceptors (Lipinski definition) is 6. The molecule has 2 amide bonds. The van der Waals surface area contributed by atoms with Crippen molar-refractivity contribution in [1.29, 1.82) is 0 Å². The van der Waals surface area contributed by atoms with Crippen LogP contribution in [-0.2, 0) is 29.0 Å². The maximum Gasteiger partial charge on any atom is 0.269 e. The molecule has 39 heavy (non-hydrogen) atoms. The van der Waals surface area contributed by atoms with Crippen molar-refractivity contribution in [3.63, 3.8) is 0 Å². The number of benzene rings is 3. The lowest BCUT2D eigenvalue weighted by molar-refractivity contribution is -0.384. The van der Waals surface area contributed by atoms with Crippen LogP contribution in [0.15, 0.2) is 66.7 Å². The Bertz CT molecular complexity index is 1260. The Balaban J connectivity index is 1.47. The number of ether oxygens (including phenoxy) is 1. The van der Waals surface area contributed by atoms with Gasteiger partial charge in [0.05, 0.1) is 11.0 Å². The number of carbonyl (C=O) groups is 2. The third kappa shape index (κ3) is 8.93. The van der Waals surface area contributed by atoms with Crippen molar-refractivity contribution >= 4 is 17.5 Å². The highest BCUT2D eigenvalue weighted by molar-refractivity contribution is 5.89. The van der Waals surface area contributed by atoms with Crippen LogP contribution in [0.25, 0.3) is 0 Å². The minimum absolute atomic E-state index is 0.0315. The standard InChI is InChI=1S/C30H36N4O5/c1-20-16-26(39-19-24-11-13-25(14-12-24)34(37)38)17-21(2)27(20)18-28(31)30(36)33-22(3)29(35)32-15-7-10-23-8-5-4-6-9-23/h4-6,8-9,11-14,16-17,22,28H,7,10,15,18-19,31H2,1-3H3,(H,32,35)(H,33,36)/t22-,28-/m1/s1. The molecule has 0 heterocycles. The van der Waals surface area contributed by atoms with Crippen molar-refractivity contribution in [2.45, 2.75) is 58.7 Å². The average Bonchev–Trinajstić information content (AvgIpc) is 2.92. The minimum Gasteiger partial charge on any atom is -0.489 e. The molecule has 0 aliphatic carbocycles. The summed E-state index contributed by atoms with van der Waals surface area (Å²) >= 11 is 0. The van der Waals surface area contributed by atoms with Gasteiger partial charge in [0.25, 0.3) is 5.69 Å². The second kappa shape index (κ2) is 14.1. The van der Waals surface area contributed by atoms with E-state index < -0.39 is 17.0 Å². The predicted octanol–water partition coefficient (Wildman–Crippen LogP) is 3.91. The van der Waals surface area contributed by atoms with Crippen molar-refractivity contribution in [2.24, 2.45) is 5.73 Å². The summed E-state index contributed by atoms with van der Waals surface area (Å²) < 4.78 is 5.88. The van der Waals surface area contributed by atoms with Crippen molar-refractivity contribution in [2.75, 3.05) is 6.54 Å². The van der Waals surface area contributed by atoms with E-state index in [1.807, 2.05) is 44.2 Å². The Morgan fingerprint density at radius 1 is 0.974 bits per heavy atom. The van der Waals surface area contributed by atoms with Crippen LogP contribution in [-0.4, -0.2) is 35.4 Å². The third-order valence-corrected chi connectivity index (χ3v) is 6.52. The number of aryl methyl sites for hydroxylation is 3. The fourth-order valence-electron chi connectivity index (χ4n) is 4.24. The first kappa shape index (κ1) is 29.3. The van der Waals surface area contributed by atoms with Gasteiger partial charge in [-0.15, -0.1) is 0 Å². The average molecular weight is 533 g/mol. The van der Waals surface area contributed by atoms with E-state index in [9.17, 15) is 19.7 Å². The van der Waals surface area contributed by atoms with Gasteiger partial charge in [-0.2, -0.15) is 0 Å². The lowest BCUT2D eigenvalue weighted by Gasteiger charge is -2.19. The van der Waals surface area contributed by atoms with Crippen molar-refractivity contribution in [3.05, 3.63) is 105 Å². The van der Waals surface area contributed by atoms with Crippen LogP contribution in [0.1, 0.15) is 41.2 Å². The van der Waals surface area contributed by atoms with Crippen LogP contribution in [0.5, 0.6) is 5.75 Å². The van der Waals surface area contributed by atoms with Gasteiger partial charge in [0.15, 0.2) is 0 Å². The first-order valence-electron chi connectivity index (χ1n) is 13.0. The van der Waals surface area contributed by atoms with E-state index in [0.29, 0.717) is 18.7 Å². The van der Waals surface area contributed by atoms with E-state index in [1.165, 1.54) is 17.7 Å². The highest BCUT2D eigenvalue weighted by atomic mass is 16.6. The molecule has 0 aliphatic rings. The number of amides is 2. The molecule has 9 heteroatoms. The van der Waals surface area contributed by atoms with Crippen LogP contribution in [0.3, 0.4) is 0 Å². The maximum atomic E-state index is 12.7. The zero-order valence-electron chi connectivity index (χ0n) is 22.6. The number of hydrogen-bond donors (Lipinski definition) is 3. The lowest BCUT2D eigenvalue weighted by Crippen LogP contribution is -2.51. The van der Waals surface area contributed by atoms with Gasteiger partial charge >= 0.3 is 0 Å². The van der Waals surface area contributed by atoms with E-state index in [1.54, 1.807) is 19.1 Å². The van der Waals surface area contributed by atoms with Crippen LogP contribution in [0.4, 0.5) is 5.69 Å². The molecule has 0 radical (unpaired) electrons. The summed E-state index contributed by atoms with van der Waals surface area (Å²) in [7, 11) is 0. The predicted molar refractivity (Wildman–Crippen MR) is 150 cm³/mol. The number of nitrogens with one attached hydrogen (secondary N) is 2. The van der Waals surface area contributed by atoms with E-state index in [0.717, 1.165) is 35.1 Å². The van der Waals surface area contributed by atoms with Gasteiger partial charge in [0.2, 0.25) is 11.8 Å². The minimum atomic E-state index is -0.817. The molecule has 0 unspecified atom stereocenters. The van der Waals surface area contributed by atoms with Crippen LogP contribution in [0.2, 0.25) is 0 Å². The molecule has 3 rings (SSSR count). The first-order valence-corrected chi connectivity index (χ1v) is 13.0. The zero-order valence-corrected chi connectivity index (χ0v) is 22.6. The molecule has 2 atom stereocenters. The molecule has 0 saturated heterocycles. The van der Waals surface area contributed by atoms with E-state index in [4.69, 9.17) is 10.5 Å². The maximum absolute atomic E-state index is 12.7. The molecule has 4 N–H and O–H groups in total. The van der Waals surface area contributed by atoms with Crippen LogP contribution >= 0.6 is 0 Å². The number of nitrogens with two attached hydrogens (primary N) is 1. The summed E-state index contributed by atoms with van der Waals surface area (Å²) in [4.78, 5) is 35.5. The number of nitro benzene ring substituents is 1. The fraction of sp³-hybridized carbons (Fsp3) is 0.333. The number of nitrogens with zero attached hydrogens (tertiary/aromatic N) is 1. The smallest absolute Gasteiger partial charge is 0.269 e. The summed E-state index contributed by atoms with van der Waals surface area (Å²) in [6, 6.07) is 18.5. The zero-order chi connectivity index (χ0) is 28.4. The SMILES string of the molecule is Cc1cc(OCc2ccc([N+](=O)[O-])cc2)cc(C)c1C[C@@H](N)C(=O)N[C@H](C)C(=O)NCCCc1ccccc1. The Hall–Kier alpha value is -4.24. The molecule has 3 aromatic rings. The molecular weight excluding hydrogens is 496 g/mol. The molecular formula is C30H36N4O5. The van der Waals surface area contributed by atoms with Gasteiger partial charge in [0, 0.05) is 18.7 Å². The number of rotatable bonds is 13. The molecule has 3 aromatic carbocycles. The second-order valence-corrected chi connectivity index (χ2v) is 9.67. The second-order valence-electron chi connectivity index (χ2n) is 9.67. The molecule has 0 fully saturated rings. The van der Waals surface area contributed by atoms with Gasteiger partial charge in [-0.3, -0.25) is 19.7 Å². The molecule has 9 nitrogen and oxygen atoms in total. The monoisotopic (exact) mass is 532 g/mol. The largest absolute Gasteiger partial charge is 0.489 e. The highest BCUT2D eigenvalue weighted by Gasteiger charge is 2.21. The Morgan fingerprint density at radius 2 is 1.62 bits per heavy atom. The normalized spacial score (nSPS) is 12.3. The van der Waals surface area contributed by atoms with E-state index in [-0.39, 0.29) is 24.1 Å². The van der Waals surface area contributed by atoms with Crippen molar-refractivity contribution in [3.8, 4) is 5.75 Å². The number of nitro groups is 1. The number of non-ortho nitro benzene ring substituents is 1. The Labute approximate surface area is 228 Å². The fourth-order valence-corrected chi connectivity index (χ4v) is 4.24. The lowest BCUT2D eigenvalue weighted by atomic mass is 9.96. The molecule has 0 aliphatic heterocycles. The Kier molecular flexibility index (Phi) is 10.6. The summed E-state index contributed by atoms with van der Waals surface area (Å²) in [6.07, 6.45) is 1.99.